The Kier molecular flexibility index (Phi) is 6.68. The van der Waals surface area contributed by atoms with Crippen LogP contribution in [0.2, 0.25) is 0 Å². The lowest BCUT2D eigenvalue weighted by atomic mass is 10.1. The fraction of sp³-hybridized carbons (Fsp3) is 0.174. The summed E-state index contributed by atoms with van der Waals surface area (Å²) in [4.78, 5) is 12.6. The van der Waals surface area contributed by atoms with Crippen molar-refractivity contribution in [2.45, 2.75) is 32.0 Å². The van der Waals surface area contributed by atoms with Gasteiger partial charge in [0.15, 0.2) is 0 Å². The predicted octanol–water partition coefficient (Wildman–Crippen LogP) is 5.56. The van der Waals surface area contributed by atoms with Crippen molar-refractivity contribution < 1.29 is 31.1 Å². The molecule has 3 rings (SSSR count). The zero-order valence-electron chi connectivity index (χ0n) is 17.9. The third kappa shape index (κ3) is 6.04. The second-order valence-corrected chi connectivity index (χ2v) is 9.01. The standard InChI is InChI=1S/C23H21F3N2O4S/c1-14-5-4-6-20(16(14)3)28-33(30,31)21-13-17(8-7-15(21)2)22(29)27-18-9-11-19(12-10-18)32-23(24,25)26/h4-13,28H,1-3H3,(H,27,29). The highest BCUT2D eigenvalue weighted by Crippen LogP contribution is 2.26. The molecule has 10 heteroatoms. The van der Waals surface area contributed by atoms with Gasteiger partial charge in [-0.25, -0.2) is 8.42 Å². The van der Waals surface area contributed by atoms with Crippen LogP contribution in [0.4, 0.5) is 24.5 Å². The van der Waals surface area contributed by atoms with Crippen LogP contribution in [0.15, 0.2) is 65.6 Å². The number of amides is 1. The molecule has 0 radical (unpaired) electrons. The van der Waals surface area contributed by atoms with Crippen LogP contribution in [0, 0.1) is 20.8 Å². The first-order valence-corrected chi connectivity index (χ1v) is 11.2. The van der Waals surface area contributed by atoms with Gasteiger partial charge in [0.05, 0.1) is 10.6 Å². The minimum Gasteiger partial charge on any atom is -0.406 e. The second-order valence-electron chi connectivity index (χ2n) is 7.36. The third-order valence-corrected chi connectivity index (χ3v) is 6.44. The molecule has 3 aromatic rings. The van der Waals surface area contributed by atoms with Crippen molar-refractivity contribution in [2.75, 3.05) is 10.0 Å². The Bertz CT molecular complexity index is 1290. The summed E-state index contributed by atoms with van der Waals surface area (Å²) in [5, 5.41) is 2.52. The number of hydrogen-bond acceptors (Lipinski definition) is 4. The molecule has 0 atom stereocenters. The maximum atomic E-state index is 13.0. The smallest absolute Gasteiger partial charge is 0.406 e. The number of aryl methyl sites for hydroxylation is 2. The van der Waals surface area contributed by atoms with E-state index in [9.17, 15) is 26.4 Å². The maximum absolute atomic E-state index is 13.0. The van der Waals surface area contributed by atoms with E-state index in [1.165, 1.54) is 30.3 Å². The van der Waals surface area contributed by atoms with Crippen LogP contribution in [0.3, 0.4) is 0 Å². The van der Waals surface area contributed by atoms with Crippen molar-refractivity contribution in [3.63, 3.8) is 0 Å². The molecule has 6 nitrogen and oxygen atoms in total. The molecule has 0 saturated carbocycles. The number of benzene rings is 3. The maximum Gasteiger partial charge on any atom is 0.573 e. The lowest BCUT2D eigenvalue weighted by Crippen LogP contribution is -2.18. The molecular formula is C23H21F3N2O4S. The van der Waals surface area contributed by atoms with Gasteiger partial charge in [0.2, 0.25) is 0 Å². The molecule has 0 bridgehead atoms. The molecular weight excluding hydrogens is 457 g/mol. The molecule has 0 heterocycles. The first-order valence-electron chi connectivity index (χ1n) is 9.72. The Morgan fingerprint density at radius 2 is 1.58 bits per heavy atom. The minimum absolute atomic E-state index is 0.0648. The van der Waals surface area contributed by atoms with Gasteiger partial charge in [-0.1, -0.05) is 18.2 Å². The van der Waals surface area contributed by atoms with Crippen LogP contribution in [0.25, 0.3) is 0 Å². The molecule has 2 N–H and O–H groups in total. The zero-order chi connectivity index (χ0) is 24.4. The van der Waals surface area contributed by atoms with Gasteiger partial charge in [0.25, 0.3) is 15.9 Å². The number of nitrogens with one attached hydrogen (secondary N) is 2. The zero-order valence-corrected chi connectivity index (χ0v) is 18.8. The summed E-state index contributed by atoms with van der Waals surface area (Å²) in [6, 6.07) is 14.1. The molecule has 0 aliphatic rings. The number of carbonyl (C=O) groups excluding carboxylic acids is 1. The van der Waals surface area contributed by atoms with E-state index in [0.717, 1.165) is 23.3 Å². The number of carbonyl (C=O) groups is 1. The highest BCUT2D eigenvalue weighted by molar-refractivity contribution is 7.92. The SMILES string of the molecule is Cc1ccc(C(=O)Nc2ccc(OC(F)(F)F)cc2)cc1S(=O)(=O)Nc1cccc(C)c1C. The van der Waals surface area contributed by atoms with Gasteiger partial charge in [0.1, 0.15) is 5.75 Å². The van der Waals surface area contributed by atoms with E-state index in [-0.39, 0.29) is 16.1 Å². The Labute approximate surface area is 189 Å². The quantitative estimate of drug-likeness (QED) is 0.486. The van der Waals surface area contributed by atoms with Gasteiger partial charge in [-0.2, -0.15) is 0 Å². The summed E-state index contributed by atoms with van der Waals surface area (Å²) in [5.41, 5.74) is 2.87. The topological polar surface area (TPSA) is 84.5 Å². The van der Waals surface area contributed by atoms with E-state index < -0.39 is 28.0 Å². The van der Waals surface area contributed by atoms with Crippen LogP contribution >= 0.6 is 0 Å². The lowest BCUT2D eigenvalue weighted by molar-refractivity contribution is -0.274. The molecule has 3 aromatic carbocycles. The van der Waals surface area contributed by atoms with Gasteiger partial charge < -0.3 is 10.1 Å². The second kappa shape index (κ2) is 9.14. The highest BCUT2D eigenvalue weighted by atomic mass is 32.2. The molecule has 0 spiro atoms. The van der Waals surface area contributed by atoms with Gasteiger partial charge >= 0.3 is 6.36 Å². The van der Waals surface area contributed by atoms with Crippen LogP contribution in [0.5, 0.6) is 5.75 Å². The molecule has 0 aliphatic heterocycles. The number of sulfonamides is 1. The molecule has 0 saturated heterocycles. The molecule has 0 fully saturated rings. The van der Waals surface area contributed by atoms with Gasteiger partial charge in [-0.3, -0.25) is 9.52 Å². The fourth-order valence-corrected chi connectivity index (χ4v) is 4.43. The molecule has 0 unspecified atom stereocenters. The lowest BCUT2D eigenvalue weighted by Gasteiger charge is -2.15. The van der Waals surface area contributed by atoms with Crippen molar-refractivity contribution in [3.8, 4) is 5.75 Å². The van der Waals surface area contributed by atoms with E-state index in [0.29, 0.717) is 11.3 Å². The molecule has 174 valence electrons. The van der Waals surface area contributed by atoms with Crippen LogP contribution in [-0.4, -0.2) is 20.7 Å². The van der Waals surface area contributed by atoms with E-state index in [1.54, 1.807) is 26.0 Å². The largest absolute Gasteiger partial charge is 0.573 e. The average Bonchev–Trinajstić information content (AvgIpc) is 2.72. The monoisotopic (exact) mass is 478 g/mol. The average molecular weight is 478 g/mol. The first-order chi connectivity index (χ1) is 15.4. The molecule has 33 heavy (non-hydrogen) atoms. The van der Waals surface area contributed by atoms with E-state index in [2.05, 4.69) is 14.8 Å². The molecule has 1 amide bonds. The number of rotatable bonds is 6. The number of hydrogen-bond donors (Lipinski definition) is 2. The molecule has 0 aliphatic carbocycles. The summed E-state index contributed by atoms with van der Waals surface area (Å²) < 4.78 is 69.2. The van der Waals surface area contributed by atoms with Crippen molar-refractivity contribution in [1.82, 2.24) is 0 Å². The summed E-state index contributed by atoms with van der Waals surface area (Å²) in [5.74, 6) is -1.05. The Balaban J connectivity index is 1.82. The Morgan fingerprint density at radius 3 is 2.21 bits per heavy atom. The third-order valence-electron chi connectivity index (χ3n) is 4.93. The summed E-state index contributed by atoms with van der Waals surface area (Å²) in [7, 11) is -3.99. The minimum atomic E-state index is -4.82. The molecule has 0 aromatic heterocycles. The number of alkyl halides is 3. The fourth-order valence-electron chi connectivity index (χ4n) is 3.04. The van der Waals surface area contributed by atoms with Crippen LogP contribution < -0.4 is 14.8 Å². The van der Waals surface area contributed by atoms with Crippen molar-refractivity contribution >= 4 is 27.3 Å². The first kappa shape index (κ1) is 24.1. The van der Waals surface area contributed by atoms with E-state index in [4.69, 9.17) is 0 Å². The number of anilines is 2. The van der Waals surface area contributed by atoms with E-state index >= 15 is 0 Å². The van der Waals surface area contributed by atoms with Crippen molar-refractivity contribution in [2.24, 2.45) is 0 Å². The van der Waals surface area contributed by atoms with Gasteiger partial charge in [-0.15, -0.1) is 13.2 Å². The highest BCUT2D eigenvalue weighted by Gasteiger charge is 2.31. The summed E-state index contributed by atoms with van der Waals surface area (Å²) in [6.07, 6.45) is -4.82. The number of halogens is 3. The van der Waals surface area contributed by atoms with Gasteiger partial charge in [-0.05, 0) is 79.9 Å². The van der Waals surface area contributed by atoms with E-state index in [1.807, 2.05) is 13.0 Å². The normalized spacial score (nSPS) is 11.7. The predicted molar refractivity (Wildman–Crippen MR) is 119 cm³/mol. The van der Waals surface area contributed by atoms with Crippen molar-refractivity contribution in [1.29, 1.82) is 0 Å². The Morgan fingerprint density at radius 1 is 0.909 bits per heavy atom. The summed E-state index contributed by atoms with van der Waals surface area (Å²) in [6.45, 7) is 5.28. The van der Waals surface area contributed by atoms with Gasteiger partial charge in [0, 0.05) is 11.3 Å². The van der Waals surface area contributed by atoms with Crippen molar-refractivity contribution in [3.05, 3.63) is 82.9 Å². The summed E-state index contributed by atoms with van der Waals surface area (Å²) >= 11 is 0. The van der Waals surface area contributed by atoms with Crippen LogP contribution in [-0.2, 0) is 10.0 Å². The number of ether oxygens (including phenoxy) is 1. The Hall–Kier alpha value is -3.53. The van der Waals surface area contributed by atoms with Crippen LogP contribution in [0.1, 0.15) is 27.0 Å².